The van der Waals surface area contributed by atoms with Crippen molar-refractivity contribution in [3.8, 4) is 0 Å². The second-order valence-electron chi connectivity index (χ2n) is 4.50. The van der Waals surface area contributed by atoms with E-state index in [4.69, 9.17) is 4.74 Å². The van der Waals surface area contributed by atoms with Crippen molar-refractivity contribution >= 4 is 0 Å². The highest BCUT2D eigenvalue weighted by atomic mass is 16.5. The minimum Gasteiger partial charge on any atom is -0.372 e. The van der Waals surface area contributed by atoms with Crippen molar-refractivity contribution in [3.63, 3.8) is 0 Å². The summed E-state index contributed by atoms with van der Waals surface area (Å²) in [4.78, 5) is 0. The lowest BCUT2D eigenvalue weighted by Gasteiger charge is -2.32. The van der Waals surface area contributed by atoms with E-state index in [9.17, 15) is 0 Å². The number of ether oxygens (including phenoxy) is 1. The Morgan fingerprint density at radius 1 is 1.53 bits per heavy atom. The Balaban J connectivity index is 2.18. The summed E-state index contributed by atoms with van der Waals surface area (Å²) in [5.74, 6) is 0. The summed E-state index contributed by atoms with van der Waals surface area (Å²) in [6.07, 6.45) is 5.28. The maximum atomic E-state index is 5.96. The molecule has 2 nitrogen and oxygen atoms in total. The highest BCUT2D eigenvalue weighted by Crippen LogP contribution is 2.31. The number of likely N-dealkylation sites (N-methyl/N-ethyl adjacent to an activating group) is 1. The Kier molecular flexibility index (Phi) is 4.35. The second-order valence-corrected chi connectivity index (χ2v) is 4.50. The number of rotatable bonds is 5. The van der Waals surface area contributed by atoms with Crippen LogP contribution in [0.3, 0.4) is 0 Å². The molecule has 0 fully saturated rings. The van der Waals surface area contributed by atoms with Gasteiger partial charge in [0.05, 0.1) is 12.7 Å². The molecule has 0 spiro atoms. The Morgan fingerprint density at radius 2 is 2.35 bits per heavy atom. The van der Waals surface area contributed by atoms with Crippen molar-refractivity contribution in [2.75, 3.05) is 13.7 Å². The molecule has 2 unspecified atom stereocenters. The SMILES string of the molecule is C=CCCC(NC)C1OCCc2ccccc21. The standard InChI is InChI=1S/C15H21NO/c1-3-4-9-14(16-2)15-13-8-6-5-7-12(13)10-11-17-15/h3,5-8,14-16H,1,4,9-11H2,2H3. The highest BCUT2D eigenvalue weighted by molar-refractivity contribution is 5.31. The van der Waals surface area contributed by atoms with Crippen LogP contribution in [0.2, 0.25) is 0 Å². The van der Waals surface area contributed by atoms with Gasteiger partial charge in [0, 0.05) is 6.04 Å². The summed E-state index contributed by atoms with van der Waals surface area (Å²) in [6.45, 7) is 4.62. The van der Waals surface area contributed by atoms with Gasteiger partial charge in [-0.2, -0.15) is 0 Å². The van der Waals surface area contributed by atoms with Gasteiger partial charge in [0.1, 0.15) is 0 Å². The van der Waals surface area contributed by atoms with Gasteiger partial charge in [0.2, 0.25) is 0 Å². The van der Waals surface area contributed by atoms with Crippen LogP contribution in [0.5, 0.6) is 0 Å². The maximum absolute atomic E-state index is 5.96. The van der Waals surface area contributed by atoms with Crippen LogP contribution in [0.15, 0.2) is 36.9 Å². The van der Waals surface area contributed by atoms with Gasteiger partial charge >= 0.3 is 0 Å². The van der Waals surface area contributed by atoms with Crippen LogP contribution in [0.4, 0.5) is 0 Å². The third kappa shape index (κ3) is 2.76. The first-order valence-electron chi connectivity index (χ1n) is 6.34. The zero-order chi connectivity index (χ0) is 12.1. The van der Waals surface area contributed by atoms with E-state index in [-0.39, 0.29) is 6.10 Å². The second kappa shape index (κ2) is 5.99. The molecule has 0 amide bonds. The molecule has 1 aromatic rings. The Labute approximate surface area is 104 Å². The van der Waals surface area contributed by atoms with Gasteiger partial charge < -0.3 is 10.1 Å². The fourth-order valence-electron chi connectivity index (χ4n) is 2.50. The van der Waals surface area contributed by atoms with Gasteiger partial charge in [-0.15, -0.1) is 6.58 Å². The number of hydrogen-bond donors (Lipinski definition) is 1. The summed E-state index contributed by atoms with van der Waals surface area (Å²) in [5, 5.41) is 3.37. The zero-order valence-electron chi connectivity index (χ0n) is 10.5. The molecule has 0 aliphatic carbocycles. The third-order valence-electron chi connectivity index (χ3n) is 3.45. The Bertz CT molecular complexity index is 375. The molecule has 0 saturated carbocycles. The van der Waals surface area contributed by atoms with Gasteiger partial charge in [0.15, 0.2) is 0 Å². The van der Waals surface area contributed by atoms with Crippen LogP contribution in [-0.4, -0.2) is 19.7 Å². The molecule has 0 saturated heterocycles. The van der Waals surface area contributed by atoms with Gasteiger partial charge in [-0.1, -0.05) is 30.3 Å². The summed E-state index contributed by atoms with van der Waals surface area (Å²) in [6, 6.07) is 8.98. The lowest BCUT2D eigenvalue weighted by atomic mass is 9.91. The number of benzene rings is 1. The van der Waals surface area contributed by atoms with E-state index < -0.39 is 0 Å². The minimum absolute atomic E-state index is 0.185. The molecule has 0 aromatic heterocycles. The number of hydrogen-bond acceptors (Lipinski definition) is 2. The summed E-state index contributed by atoms with van der Waals surface area (Å²) in [5.41, 5.74) is 2.78. The monoisotopic (exact) mass is 231 g/mol. The molecule has 1 aliphatic rings. The molecule has 1 aromatic carbocycles. The first kappa shape index (κ1) is 12.3. The summed E-state index contributed by atoms with van der Waals surface area (Å²) >= 11 is 0. The highest BCUT2D eigenvalue weighted by Gasteiger charge is 2.26. The van der Waals surface area contributed by atoms with Crippen LogP contribution in [0.25, 0.3) is 0 Å². The van der Waals surface area contributed by atoms with E-state index in [1.165, 1.54) is 11.1 Å². The van der Waals surface area contributed by atoms with Crippen molar-refractivity contribution in [1.82, 2.24) is 5.32 Å². The van der Waals surface area contributed by atoms with E-state index in [0.717, 1.165) is 25.9 Å². The first-order valence-corrected chi connectivity index (χ1v) is 6.34. The molecule has 0 bridgehead atoms. The Morgan fingerprint density at radius 3 is 3.12 bits per heavy atom. The van der Waals surface area contributed by atoms with Crippen molar-refractivity contribution in [1.29, 1.82) is 0 Å². The zero-order valence-corrected chi connectivity index (χ0v) is 10.5. The van der Waals surface area contributed by atoms with Gasteiger partial charge in [-0.25, -0.2) is 0 Å². The fourth-order valence-corrected chi connectivity index (χ4v) is 2.50. The average molecular weight is 231 g/mol. The van der Waals surface area contributed by atoms with Gasteiger partial charge in [0.25, 0.3) is 0 Å². The normalized spacial score (nSPS) is 20.6. The van der Waals surface area contributed by atoms with Gasteiger partial charge in [-0.05, 0) is 37.4 Å². The fraction of sp³-hybridized carbons (Fsp3) is 0.467. The van der Waals surface area contributed by atoms with Crippen LogP contribution < -0.4 is 5.32 Å². The van der Waals surface area contributed by atoms with Gasteiger partial charge in [-0.3, -0.25) is 0 Å². The predicted molar refractivity (Wildman–Crippen MR) is 71.1 cm³/mol. The first-order chi connectivity index (χ1) is 8.36. The molecular weight excluding hydrogens is 210 g/mol. The summed E-state index contributed by atoms with van der Waals surface area (Å²) < 4.78 is 5.96. The predicted octanol–water partition coefficient (Wildman–Crippen LogP) is 2.85. The van der Waals surface area contributed by atoms with Crippen LogP contribution in [0, 0.1) is 0 Å². The number of fused-ring (bicyclic) bond motifs is 1. The van der Waals surface area contributed by atoms with Crippen molar-refractivity contribution in [2.24, 2.45) is 0 Å². The van der Waals surface area contributed by atoms with Crippen LogP contribution >= 0.6 is 0 Å². The molecule has 2 heteroatoms. The average Bonchev–Trinajstić information content (AvgIpc) is 2.40. The molecule has 1 heterocycles. The lowest BCUT2D eigenvalue weighted by molar-refractivity contribution is 0.0153. The minimum atomic E-state index is 0.185. The van der Waals surface area contributed by atoms with Crippen molar-refractivity contribution < 1.29 is 4.74 Å². The molecule has 1 N–H and O–H groups in total. The van der Waals surface area contributed by atoms with Crippen LogP contribution in [0.1, 0.15) is 30.1 Å². The molecule has 92 valence electrons. The van der Waals surface area contributed by atoms with E-state index in [0.29, 0.717) is 6.04 Å². The molecule has 1 aliphatic heterocycles. The maximum Gasteiger partial charge on any atom is 0.0980 e. The largest absolute Gasteiger partial charge is 0.372 e. The van der Waals surface area contributed by atoms with E-state index >= 15 is 0 Å². The molecule has 2 atom stereocenters. The van der Waals surface area contributed by atoms with Crippen molar-refractivity contribution in [2.45, 2.75) is 31.4 Å². The summed E-state index contributed by atoms with van der Waals surface area (Å²) in [7, 11) is 2.01. The molecule has 17 heavy (non-hydrogen) atoms. The number of allylic oxidation sites excluding steroid dienone is 1. The van der Waals surface area contributed by atoms with E-state index in [1.54, 1.807) is 0 Å². The van der Waals surface area contributed by atoms with Crippen LogP contribution in [-0.2, 0) is 11.2 Å². The van der Waals surface area contributed by atoms with Crippen molar-refractivity contribution in [3.05, 3.63) is 48.0 Å². The quantitative estimate of drug-likeness (QED) is 0.787. The topological polar surface area (TPSA) is 21.3 Å². The molecule has 2 rings (SSSR count). The van der Waals surface area contributed by atoms with E-state index in [1.807, 2.05) is 13.1 Å². The third-order valence-corrected chi connectivity index (χ3v) is 3.45. The van der Waals surface area contributed by atoms with E-state index in [2.05, 4.69) is 36.2 Å². The lowest BCUT2D eigenvalue weighted by Crippen LogP contribution is -2.36. The smallest absolute Gasteiger partial charge is 0.0980 e. The number of nitrogens with one attached hydrogen (secondary N) is 1. The molecular formula is C15H21NO. The Hall–Kier alpha value is -1.12. The molecule has 0 radical (unpaired) electrons.